The van der Waals surface area contributed by atoms with Crippen LogP contribution in [-0.4, -0.2) is 172 Å². The zero-order chi connectivity index (χ0) is 57.4. The third-order valence-corrected chi connectivity index (χ3v) is 13.0. The monoisotopic (exact) mass is 1100 g/mol. The quantitative estimate of drug-likeness (QED) is 0.0356. The summed E-state index contributed by atoms with van der Waals surface area (Å²) in [4.78, 5) is 99.3. The van der Waals surface area contributed by atoms with Gasteiger partial charge in [0.2, 0.25) is 41.2 Å². The molecule has 5 aliphatic rings. The van der Waals surface area contributed by atoms with Gasteiger partial charge in [-0.1, -0.05) is 0 Å². The molecule has 79 heavy (non-hydrogen) atoms. The minimum absolute atomic E-state index is 0.230. The van der Waals surface area contributed by atoms with Crippen molar-refractivity contribution in [1.29, 1.82) is 0 Å². The van der Waals surface area contributed by atoms with E-state index >= 15 is 0 Å². The molecule has 31 heteroatoms. The maximum absolute atomic E-state index is 14.8. The van der Waals surface area contributed by atoms with E-state index in [1.165, 1.54) is 0 Å². The zero-order valence-corrected chi connectivity index (χ0v) is 38.6. The van der Waals surface area contributed by atoms with Gasteiger partial charge in [-0.3, -0.25) is 4.79 Å². The van der Waals surface area contributed by atoms with Crippen molar-refractivity contribution in [3.05, 3.63) is 87.5 Å². The molecular weight excluding hydrogens is 1070 g/mol. The van der Waals surface area contributed by atoms with E-state index in [0.717, 1.165) is 0 Å². The van der Waals surface area contributed by atoms with Gasteiger partial charge < -0.3 is 120 Å². The Balaban J connectivity index is 1.16. The van der Waals surface area contributed by atoms with E-state index in [2.05, 4.69) is 0 Å². The van der Waals surface area contributed by atoms with Crippen LogP contribution in [0.1, 0.15) is 63.3 Å². The molecule has 0 amide bonds. The van der Waals surface area contributed by atoms with Crippen molar-refractivity contribution in [1.82, 2.24) is 0 Å². The molecule has 0 unspecified atom stereocenters. The average molecular weight is 1100 g/mol. The molecule has 0 radical (unpaired) electrons. The number of carbonyl (C=O) groups is 7. The van der Waals surface area contributed by atoms with Gasteiger partial charge in [-0.25, -0.2) is 28.8 Å². The van der Waals surface area contributed by atoms with Gasteiger partial charge in [0.15, 0.2) is 75.5 Å². The Morgan fingerprint density at radius 3 is 1.62 bits per heavy atom. The predicted molar refractivity (Wildman–Crippen MR) is 239 cm³/mol. The van der Waals surface area contributed by atoms with Crippen molar-refractivity contribution in [2.75, 3.05) is 6.61 Å². The summed E-state index contributed by atoms with van der Waals surface area (Å²) in [7, 11) is 0. The molecule has 1 aliphatic carbocycles. The van der Waals surface area contributed by atoms with Crippen LogP contribution in [0.5, 0.6) is 86.2 Å². The van der Waals surface area contributed by atoms with E-state index in [0.29, 0.717) is 42.5 Å². The number of aliphatic hydroxyl groups is 3. The number of hydrogen-bond donors (Lipinski definition) is 16. The summed E-state index contributed by atoms with van der Waals surface area (Å²) in [5.41, 5.74) is -9.70. The molecular formula is C48H32O31. The first kappa shape index (κ1) is 51.8. The summed E-state index contributed by atoms with van der Waals surface area (Å²) >= 11 is 0. The van der Waals surface area contributed by atoms with E-state index in [9.17, 15) is 115 Å². The Morgan fingerprint density at radius 2 is 1.01 bits per heavy atom. The molecule has 0 spiro atoms. The van der Waals surface area contributed by atoms with Crippen LogP contribution in [0.15, 0.2) is 54.1 Å². The Morgan fingerprint density at radius 1 is 0.519 bits per heavy atom. The lowest BCUT2D eigenvalue weighted by molar-refractivity contribution is -0.339. The Hall–Kier alpha value is -10.6. The fourth-order valence-electron chi connectivity index (χ4n) is 9.20. The normalized spacial score (nSPS) is 23.6. The van der Waals surface area contributed by atoms with Crippen molar-refractivity contribution in [3.8, 4) is 97.4 Å². The number of hydrogen-bond acceptors (Lipinski definition) is 31. The number of fused-ring (bicyclic) bond motifs is 4. The Bertz CT molecular complexity index is 3650. The number of cyclic esters (lactones) is 1. The molecule has 31 nitrogen and oxygen atoms in total. The summed E-state index contributed by atoms with van der Waals surface area (Å²) in [5, 5.41) is 172. The minimum Gasteiger partial charge on any atom is -0.504 e. The highest BCUT2D eigenvalue weighted by Gasteiger charge is 2.70. The summed E-state index contributed by atoms with van der Waals surface area (Å²) < 4.78 is 44.3. The van der Waals surface area contributed by atoms with Gasteiger partial charge in [0.05, 0.1) is 39.3 Å². The van der Waals surface area contributed by atoms with Gasteiger partial charge in [-0.05, 0) is 48.5 Å². The van der Waals surface area contributed by atoms with Crippen LogP contribution >= 0.6 is 0 Å². The number of esters is 6. The van der Waals surface area contributed by atoms with Gasteiger partial charge in [-0.15, -0.1) is 0 Å². The first-order valence-corrected chi connectivity index (χ1v) is 22.0. The molecule has 1 saturated heterocycles. The van der Waals surface area contributed by atoms with Gasteiger partial charge in [-0.2, -0.15) is 0 Å². The van der Waals surface area contributed by atoms with E-state index in [1.54, 1.807) is 0 Å². The first-order chi connectivity index (χ1) is 37.1. The summed E-state index contributed by atoms with van der Waals surface area (Å²) in [5.74, 6) is -42.4. The largest absolute Gasteiger partial charge is 0.504 e. The average Bonchev–Trinajstić information content (AvgIpc) is 2.80. The van der Waals surface area contributed by atoms with Crippen LogP contribution in [0.25, 0.3) is 11.1 Å². The number of rotatable bonds is 4. The molecule has 0 aromatic heterocycles. The Kier molecular flexibility index (Phi) is 11.6. The fourth-order valence-corrected chi connectivity index (χ4v) is 9.20. The highest BCUT2D eigenvalue weighted by Crippen LogP contribution is 2.59. The lowest BCUT2D eigenvalue weighted by Gasteiger charge is -2.49. The predicted octanol–water partition coefficient (Wildman–Crippen LogP) is -0.471. The Labute approximate surface area is 433 Å². The number of ketones is 1. The standard InChI is InChI=1S/C48H32O31/c49-16-1-10(2-17(50)29(16)56)40(63)73-22-4-11(3-18(51)30(22)57)41(64)78-46-39-38-36(75-45(68)15-8-24(55)48(71)47(69,70)28(15)27-14(44(67)77-39)7-21(54)33(60)37(27)79-48)23(74-46)9-72-42(65)12-5-19(52)31(58)34(61)25(12)26-13(43(66)76-38)6-20(53)32(59)35(26)62/h1-8,23,28,36,38-39,46,49-54,56-62,69-71H,9H2/t23-,28+,36-,38+,39-,46+,48+/m1/s1. The molecule has 4 heterocycles. The number of aromatic hydroxyl groups is 13. The van der Waals surface area contributed by atoms with Crippen LogP contribution in [0, 0.1) is 0 Å². The zero-order valence-electron chi connectivity index (χ0n) is 38.6. The van der Waals surface area contributed by atoms with Crippen LogP contribution in [0.3, 0.4) is 0 Å². The highest BCUT2D eigenvalue weighted by molar-refractivity contribution is 6.10. The first-order valence-electron chi connectivity index (χ1n) is 22.0. The topological polar surface area (TPSA) is 517 Å². The lowest BCUT2D eigenvalue weighted by atomic mass is 9.70. The van der Waals surface area contributed by atoms with Crippen molar-refractivity contribution in [2.24, 2.45) is 0 Å². The molecule has 7 atom stereocenters. The number of phenolic OH excluding ortho intramolecular Hbond substituents is 13. The third-order valence-electron chi connectivity index (χ3n) is 13.0. The van der Waals surface area contributed by atoms with Crippen molar-refractivity contribution < 1.29 is 153 Å². The molecule has 1 fully saturated rings. The minimum atomic E-state index is -4.04. The number of ether oxygens (including phenoxy) is 8. The van der Waals surface area contributed by atoms with E-state index in [1.807, 2.05) is 0 Å². The van der Waals surface area contributed by atoms with Gasteiger partial charge in [0.1, 0.15) is 12.7 Å². The molecule has 16 N–H and O–H groups in total. The van der Waals surface area contributed by atoms with E-state index < -0.39 is 233 Å². The lowest BCUT2D eigenvalue weighted by Crippen LogP contribution is -2.70. The summed E-state index contributed by atoms with van der Waals surface area (Å²) in [6.45, 7) is -1.39. The molecule has 6 bridgehead atoms. The summed E-state index contributed by atoms with van der Waals surface area (Å²) in [6.07, 6.45) is -12.7. The maximum atomic E-state index is 14.8. The number of phenols is 13. The maximum Gasteiger partial charge on any atom is 0.343 e. The van der Waals surface area contributed by atoms with Gasteiger partial charge >= 0.3 is 41.6 Å². The molecule has 0 saturated carbocycles. The molecule has 5 aromatic rings. The van der Waals surface area contributed by atoms with Crippen molar-refractivity contribution >= 4 is 41.6 Å². The fraction of sp³-hybridized carbons (Fsp3) is 0.188. The highest BCUT2D eigenvalue weighted by atomic mass is 16.8. The van der Waals surface area contributed by atoms with Gasteiger partial charge in [0, 0.05) is 16.7 Å². The second-order valence-corrected chi connectivity index (χ2v) is 17.7. The number of benzene rings is 5. The SMILES string of the molecule is O=C1O[C@H]2[C@@H]3OC(=O)c4cc(O)c(O)c(O)c4-c4c(cc(O)c(O)c4O)C(=O)OC[C@H]2O[C@@H](OC(=O)c2cc(O)c(O)c(OC(=O)c4cc(O)c(O)c(O)c4)c2)[C@@H]3OC(=O)c2cc(O)c(O)c3c2[C@@H]2C1=CC(=O)[C@](O)(O3)C2(O)O. The summed E-state index contributed by atoms with van der Waals surface area (Å²) in [6, 6.07) is 3.28. The van der Waals surface area contributed by atoms with Gasteiger partial charge in [0.25, 0.3) is 5.79 Å². The van der Waals surface area contributed by atoms with Crippen molar-refractivity contribution in [2.45, 2.75) is 48.2 Å². The number of carbonyl (C=O) groups excluding carboxylic acids is 7. The van der Waals surface area contributed by atoms with E-state index in [-0.39, 0.29) is 6.08 Å². The third kappa shape index (κ3) is 7.78. The van der Waals surface area contributed by atoms with Crippen LogP contribution in [0.4, 0.5) is 0 Å². The molecule has 410 valence electrons. The molecule has 4 aliphatic heterocycles. The molecule has 5 aromatic carbocycles. The van der Waals surface area contributed by atoms with Crippen LogP contribution < -0.4 is 9.47 Å². The van der Waals surface area contributed by atoms with Crippen LogP contribution in [0.2, 0.25) is 0 Å². The molecule has 10 rings (SSSR count). The smallest absolute Gasteiger partial charge is 0.343 e. The van der Waals surface area contributed by atoms with Crippen molar-refractivity contribution in [3.63, 3.8) is 0 Å². The van der Waals surface area contributed by atoms with E-state index in [4.69, 9.17) is 37.9 Å². The second kappa shape index (κ2) is 17.7. The second-order valence-electron chi connectivity index (χ2n) is 17.7. The van der Waals surface area contributed by atoms with Crippen LogP contribution in [-0.2, 0) is 38.0 Å².